The summed E-state index contributed by atoms with van der Waals surface area (Å²) >= 11 is 0. The van der Waals surface area contributed by atoms with Crippen LogP contribution >= 0.6 is 0 Å². The van der Waals surface area contributed by atoms with Gasteiger partial charge in [0.2, 0.25) is 0 Å². The normalized spacial score (nSPS) is 11.9. The Kier molecular flexibility index (Phi) is 7.68. The first kappa shape index (κ1) is 23.8. The number of amides is 2. The zero-order valence-electron chi connectivity index (χ0n) is 17.6. The Morgan fingerprint density at radius 2 is 1.58 bits per heavy atom. The van der Waals surface area contributed by atoms with Gasteiger partial charge in [0.15, 0.2) is 0 Å². The molecule has 0 aliphatic rings. The average molecular weight is 434 g/mol. The molecular formula is C22H24F2N2O5. The van der Waals surface area contributed by atoms with E-state index < -0.39 is 46.8 Å². The van der Waals surface area contributed by atoms with E-state index in [9.17, 15) is 23.2 Å². The van der Waals surface area contributed by atoms with Gasteiger partial charge in [-0.15, -0.1) is 0 Å². The van der Waals surface area contributed by atoms with Gasteiger partial charge in [0.1, 0.15) is 28.8 Å². The van der Waals surface area contributed by atoms with E-state index >= 15 is 0 Å². The Labute approximate surface area is 178 Å². The molecule has 2 N–H and O–H groups in total. The molecule has 2 aromatic rings. The van der Waals surface area contributed by atoms with Gasteiger partial charge in [-0.05, 0) is 50.6 Å². The number of hydrogen-bond acceptors (Lipinski definition) is 5. The van der Waals surface area contributed by atoms with E-state index in [0.29, 0.717) is 11.3 Å². The van der Waals surface area contributed by atoms with Crippen LogP contribution in [0.1, 0.15) is 36.7 Å². The molecule has 0 aliphatic carbocycles. The van der Waals surface area contributed by atoms with Crippen molar-refractivity contribution >= 4 is 23.7 Å². The minimum atomic E-state index is -0.993. The first-order valence-corrected chi connectivity index (χ1v) is 9.42. The fourth-order valence-electron chi connectivity index (χ4n) is 2.65. The molecule has 166 valence electrons. The average Bonchev–Trinajstić information content (AvgIpc) is 2.66. The lowest BCUT2D eigenvalue weighted by atomic mass is 10.1. The molecular weight excluding hydrogens is 410 g/mol. The highest BCUT2D eigenvalue weighted by Gasteiger charge is 2.25. The molecule has 0 aromatic heterocycles. The fourth-order valence-corrected chi connectivity index (χ4v) is 2.65. The molecule has 9 heteroatoms. The summed E-state index contributed by atoms with van der Waals surface area (Å²) in [5.41, 5.74) is -0.478. The predicted molar refractivity (Wildman–Crippen MR) is 110 cm³/mol. The number of anilines is 1. The number of methoxy groups -OCH3 is 1. The first-order chi connectivity index (χ1) is 14.5. The van der Waals surface area contributed by atoms with E-state index in [0.717, 1.165) is 12.1 Å². The summed E-state index contributed by atoms with van der Waals surface area (Å²) in [5, 5.41) is 4.88. The number of nitrogens with one attached hydrogen (secondary N) is 2. The van der Waals surface area contributed by atoms with Crippen LogP contribution < -0.4 is 10.6 Å². The molecule has 0 heterocycles. The van der Waals surface area contributed by atoms with Crippen LogP contribution in [0.4, 0.5) is 19.3 Å². The standard InChI is InChI=1S/C22H24F2N2O5/c1-22(2,3)31-21(29)26-17(20(28)30-4)12-13-8-10-14(11-9-13)25-19(27)18-15(23)6-5-7-16(18)24/h5-11,17H,12H2,1-4H3,(H,25,27)(H,26,29)/t17-/m0/s1. The number of alkyl carbamates (subject to hydrolysis) is 1. The largest absolute Gasteiger partial charge is 0.467 e. The predicted octanol–water partition coefficient (Wildman–Crippen LogP) is 3.83. The van der Waals surface area contributed by atoms with Crippen molar-refractivity contribution in [3.8, 4) is 0 Å². The number of carbonyl (C=O) groups excluding carboxylic acids is 3. The third-order valence-corrected chi connectivity index (χ3v) is 4.02. The van der Waals surface area contributed by atoms with Crippen LogP contribution in [0.25, 0.3) is 0 Å². The van der Waals surface area contributed by atoms with Crippen molar-refractivity contribution in [3.05, 3.63) is 65.2 Å². The number of ether oxygens (including phenoxy) is 2. The topological polar surface area (TPSA) is 93.7 Å². The second-order valence-corrected chi connectivity index (χ2v) is 7.67. The molecule has 0 unspecified atom stereocenters. The van der Waals surface area contributed by atoms with Crippen molar-refractivity contribution in [1.82, 2.24) is 5.32 Å². The van der Waals surface area contributed by atoms with Crippen molar-refractivity contribution in [2.45, 2.75) is 38.8 Å². The molecule has 0 fully saturated rings. The number of hydrogen-bond donors (Lipinski definition) is 2. The molecule has 0 aliphatic heterocycles. The third kappa shape index (κ3) is 7.06. The summed E-state index contributed by atoms with van der Waals surface area (Å²) < 4.78 is 37.4. The van der Waals surface area contributed by atoms with Crippen LogP contribution in [0, 0.1) is 11.6 Å². The van der Waals surface area contributed by atoms with Gasteiger partial charge in [0, 0.05) is 12.1 Å². The maximum Gasteiger partial charge on any atom is 0.408 e. The molecule has 0 bridgehead atoms. The minimum absolute atomic E-state index is 0.0993. The van der Waals surface area contributed by atoms with Gasteiger partial charge in [-0.25, -0.2) is 18.4 Å². The van der Waals surface area contributed by atoms with Crippen LogP contribution in [-0.4, -0.2) is 36.7 Å². The van der Waals surface area contributed by atoms with Gasteiger partial charge in [0.05, 0.1) is 7.11 Å². The van der Waals surface area contributed by atoms with E-state index in [2.05, 4.69) is 10.6 Å². The number of benzene rings is 2. The molecule has 0 spiro atoms. The van der Waals surface area contributed by atoms with Gasteiger partial charge in [-0.3, -0.25) is 4.79 Å². The second-order valence-electron chi connectivity index (χ2n) is 7.67. The Bertz CT molecular complexity index is 935. The molecule has 0 radical (unpaired) electrons. The van der Waals surface area contributed by atoms with E-state index in [1.807, 2.05) is 0 Å². The van der Waals surface area contributed by atoms with Crippen molar-refractivity contribution < 1.29 is 32.6 Å². The summed E-state index contributed by atoms with van der Waals surface area (Å²) in [7, 11) is 1.20. The zero-order valence-corrected chi connectivity index (χ0v) is 17.6. The van der Waals surface area contributed by atoms with Gasteiger partial charge >= 0.3 is 12.1 Å². The van der Waals surface area contributed by atoms with Gasteiger partial charge in [-0.2, -0.15) is 0 Å². The molecule has 0 saturated carbocycles. The first-order valence-electron chi connectivity index (χ1n) is 9.42. The van der Waals surface area contributed by atoms with Crippen LogP contribution in [0.2, 0.25) is 0 Å². The Hall–Kier alpha value is -3.49. The Morgan fingerprint density at radius 3 is 2.10 bits per heavy atom. The quantitative estimate of drug-likeness (QED) is 0.674. The SMILES string of the molecule is COC(=O)[C@H](Cc1ccc(NC(=O)c2c(F)cccc2F)cc1)NC(=O)OC(C)(C)C. The van der Waals surface area contributed by atoms with Crippen molar-refractivity contribution in [2.75, 3.05) is 12.4 Å². The zero-order chi connectivity index (χ0) is 23.2. The highest BCUT2D eigenvalue weighted by Crippen LogP contribution is 2.17. The maximum atomic E-state index is 13.7. The number of carbonyl (C=O) groups is 3. The van der Waals surface area contributed by atoms with Gasteiger partial charge < -0.3 is 20.1 Å². The van der Waals surface area contributed by atoms with Crippen LogP contribution in [0.3, 0.4) is 0 Å². The lowest BCUT2D eigenvalue weighted by Gasteiger charge is -2.22. The third-order valence-electron chi connectivity index (χ3n) is 4.02. The molecule has 0 saturated heterocycles. The second kappa shape index (κ2) is 10.0. The summed E-state index contributed by atoms with van der Waals surface area (Å²) in [5.74, 6) is -3.52. The molecule has 31 heavy (non-hydrogen) atoms. The lowest BCUT2D eigenvalue weighted by molar-refractivity contribution is -0.143. The Balaban J connectivity index is 2.07. The number of rotatable bonds is 6. The number of halogens is 2. The fraction of sp³-hybridized carbons (Fsp3) is 0.318. The van der Waals surface area contributed by atoms with Gasteiger partial charge in [0.25, 0.3) is 5.91 Å². The van der Waals surface area contributed by atoms with Crippen molar-refractivity contribution in [1.29, 1.82) is 0 Å². The Morgan fingerprint density at radius 1 is 1.00 bits per heavy atom. The molecule has 2 aromatic carbocycles. The highest BCUT2D eigenvalue weighted by atomic mass is 19.1. The van der Waals surface area contributed by atoms with Crippen LogP contribution in [0.15, 0.2) is 42.5 Å². The van der Waals surface area contributed by atoms with Crippen LogP contribution in [-0.2, 0) is 20.7 Å². The maximum absolute atomic E-state index is 13.7. The highest BCUT2D eigenvalue weighted by molar-refractivity contribution is 6.04. The van der Waals surface area contributed by atoms with E-state index in [1.54, 1.807) is 32.9 Å². The van der Waals surface area contributed by atoms with E-state index in [1.165, 1.54) is 25.3 Å². The van der Waals surface area contributed by atoms with E-state index in [4.69, 9.17) is 9.47 Å². The van der Waals surface area contributed by atoms with Crippen molar-refractivity contribution in [2.24, 2.45) is 0 Å². The minimum Gasteiger partial charge on any atom is -0.467 e. The summed E-state index contributed by atoms with van der Waals surface area (Å²) in [6, 6.07) is 8.37. The summed E-state index contributed by atoms with van der Waals surface area (Å²) in [6.45, 7) is 5.08. The van der Waals surface area contributed by atoms with Gasteiger partial charge in [-0.1, -0.05) is 18.2 Å². The number of esters is 1. The lowest BCUT2D eigenvalue weighted by Crippen LogP contribution is -2.45. The monoisotopic (exact) mass is 434 g/mol. The molecule has 7 nitrogen and oxygen atoms in total. The van der Waals surface area contributed by atoms with E-state index in [-0.39, 0.29) is 6.42 Å². The molecule has 2 amide bonds. The summed E-state index contributed by atoms with van der Waals surface area (Å²) in [6.07, 6.45) is -0.666. The molecule has 2 rings (SSSR count). The molecule has 1 atom stereocenters. The smallest absolute Gasteiger partial charge is 0.408 e. The van der Waals surface area contributed by atoms with Crippen LogP contribution in [0.5, 0.6) is 0 Å². The van der Waals surface area contributed by atoms with Crippen molar-refractivity contribution in [3.63, 3.8) is 0 Å². The summed E-state index contributed by atoms with van der Waals surface area (Å²) in [4.78, 5) is 36.2.